The van der Waals surface area contributed by atoms with Crippen LogP contribution in [0.25, 0.3) is 0 Å². The fourth-order valence-corrected chi connectivity index (χ4v) is 1.76. The summed E-state index contributed by atoms with van der Waals surface area (Å²) in [5.41, 5.74) is -0.0955. The van der Waals surface area contributed by atoms with Crippen LogP contribution in [0.5, 0.6) is 0 Å². The van der Waals surface area contributed by atoms with E-state index in [4.69, 9.17) is 16.4 Å². The zero-order valence-electron chi connectivity index (χ0n) is 10.7. The Balaban J connectivity index is 1.99. The average molecular weight is 313 g/mol. The molecule has 0 saturated heterocycles. The topological polar surface area (TPSA) is 21.6 Å². The van der Waals surface area contributed by atoms with Gasteiger partial charge in [0.1, 0.15) is 12.8 Å². The van der Waals surface area contributed by atoms with Gasteiger partial charge in [-0.25, -0.2) is 0 Å². The van der Waals surface area contributed by atoms with Gasteiger partial charge in [-0.1, -0.05) is 47.1 Å². The van der Waals surface area contributed by atoms with E-state index in [0.717, 1.165) is 6.07 Å². The third kappa shape index (κ3) is 4.49. The van der Waals surface area contributed by atoms with Crippen LogP contribution in [-0.4, -0.2) is 6.21 Å². The molecule has 2 rings (SSSR count). The first-order valence-electron chi connectivity index (χ1n) is 5.95. The molecule has 0 aliphatic carbocycles. The highest BCUT2D eigenvalue weighted by Crippen LogP contribution is 2.32. The lowest BCUT2D eigenvalue weighted by Crippen LogP contribution is -2.09. The van der Waals surface area contributed by atoms with Crippen molar-refractivity contribution in [1.29, 1.82) is 0 Å². The van der Waals surface area contributed by atoms with Crippen molar-refractivity contribution in [3.05, 3.63) is 70.2 Å². The van der Waals surface area contributed by atoms with Crippen molar-refractivity contribution >= 4 is 17.8 Å². The molecule has 0 unspecified atom stereocenters. The summed E-state index contributed by atoms with van der Waals surface area (Å²) >= 11 is 5.72. The number of nitrogens with zero attached hydrogens (tertiary/aromatic N) is 1. The van der Waals surface area contributed by atoms with Crippen LogP contribution in [0.4, 0.5) is 13.2 Å². The van der Waals surface area contributed by atoms with Gasteiger partial charge in [-0.05, 0) is 18.2 Å². The Kier molecular flexibility index (Phi) is 4.85. The first-order valence-corrected chi connectivity index (χ1v) is 6.33. The van der Waals surface area contributed by atoms with Gasteiger partial charge >= 0.3 is 6.18 Å². The summed E-state index contributed by atoms with van der Waals surface area (Å²) in [6.07, 6.45) is -1.85. The van der Waals surface area contributed by atoms with Gasteiger partial charge in [-0.3, -0.25) is 0 Å². The minimum Gasteiger partial charge on any atom is -0.390 e. The van der Waals surface area contributed by atoms with Gasteiger partial charge in [0.25, 0.3) is 0 Å². The van der Waals surface area contributed by atoms with E-state index >= 15 is 0 Å². The second-order valence-electron chi connectivity index (χ2n) is 4.14. The second-order valence-corrected chi connectivity index (χ2v) is 4.57. The fraction of sp³-hybridized carbons (Fsp3) is 0.133. The molecule has 1 radical (unpaired) electrons. The van der Waals surface area contributed by atoms with Crippen molar-refractivity contribution in [3.8, 4) is 0 Å². The van der Waals surface area contributed by atoms with Crippen LogP contribution in [-0.2, 0) is 17.6 Å². The minimum absolute atomic E-state index is 0.0201. The normalized spacial score (nSPS) is 11.8. The molecule has 0 saturated carbocycles. The van der Waals surface area contributed by atoms with E-state index in [1.807, 2.05) is 0 Å². The number of alkyl halides is 3. The molecule has 0 bridgehead atoms. The highest BCUT2D eigenvalue weighted by Gasteiger charge is 2.32. The van der Waals surface area contributed by atoms with E-state index in [1.54, 1.807) is 24.3 Å². The van der Waals surface area contributed by atoms with Gasteiger partial charge < -0.3 is 4.84 Å². The van der Waals surface area contributed by atoms with Crippen LogP contribution in [0.3, 0.4) is 0 Å². The van der Waals surface area contributed by atoms with Crippen molar-refractivity contribution in [3.63, 3.8) is 0 Å². The maximum Gasteiger partial charge on any atom is 0.416 e. The molecule has 0 spiro atoms. The van der Waals surface area contributed by atoms with Crippen LogP contribution < -0.4 is 0 Å². The fourth-order valence-electron chi connectivity index (χ4n) is 1.63. The molecule has 2 nitrogen and oxygen atoms in total. The maximum absolute atomic E-state index is 12.7. The molecule has 0 fully saturated rings. The summed E-state index contributed by atoms with van der Waals surface area (Å²) < 4.78 is 38.2. The number of halogens is 4. The molecule has 0 heterocycles. The summed E-state index contributed by atoms with van der Waals surface area (Å²) in [5, 5.41) is 4.10. The van der Waals surface area contributed by atoms with Crippen LogP contribution in [0.1, 0.15) is 16.7 Å². The summed E-state index contributed by atoms with van der Waals surface area (Å²) in [6, 6.07) is 11.8. The number of benzene rings is 2. The molecule has 2 aromatic carbocycles. The Hall–Kier alpha value is -2.01. The van der Waals surface area contributed by atoms with E-state index in [1.165, 1.54) is 18.2 Å². The summed E-state index contributed by atoms with van der Waals surface area (Å²) in [5.74, 6) is 0. The Labute approximate surface area is 124 Å². The van der Waals surface area contributed by atoms with E-state index < -0.39 is 11.7 Å². The van der Waals surface area contributed by atoms with Gasteiger partial charge in [0.15, 0.2) is 0 Å². The summed E-state index contributed by atoms with van der Waals surface area (Å²) in [6.45, 7) is -0.281. The maximum atomic E-state index is 12.7. The third-order valence-corrected chi connectivity index (χ3v) is 2.88. The van der Waals surface area contributed by atoms with Gasteiger partial charge in [-0.15, -0.1) is 0 Å². The highest BCUT2D eigenvalue weighted by molar-refractivity contribution is 6.30. The Morgan fingerprint density at radius 3 is 2.38 bits per heavy atom. The molecule has 2 aromatic rings. The van der Waals surface area contributed by atoms with Crippen LogP contribution in [0.15, 0.2) is 53.7 Å². The van der Waals surface area contributed by atoms with Crippen molar-refractivity contribution in [2.24, 2.45) is 5.16 Å². The molecular formula is C15H10ClF3NO. The van der Waals surface area contributed by atoms with E-state index in [2.05, 4.69) is 11.4 Å². The molecule has 0 N–H and O–H groups in total. The number of hydrogen-bond donors (Lipinski definition) is 0. The predicted molar refractivity (Wildman–Crippen MR) is 74.2 cm³/mol. The second kappa shape index (κ2) is 6.63. The lowest BCUT2D eigenvalue weighted by Gasteiger charge is -2.11. The predicted octanol–water partition coefficient (Wildman–Crippen LogP) is 4.79. The van der Waals surface area contributed by atoms with Gasteiger partial charge in [0.2, 0.25) is 0 Å². The van der Waals surface area contributed by atoms with Gasteiger partial charge in [0.05, 0.1) is 5.56 Å². The van der Waals surface area contributed by atoms with Crippen LogP contribution in [0.2, 0.25) is 5.02 Å². The molecule has 0 aliphatic rings. The monoisotopic (exact) mass is 312 g/mol. The standard InChI is InChI=1S/C15H10ClF3NO/c16-13-7-5-11(6-8-13)9-20-21-10-12-3-1-2-4-14(12)15(17,18)19/h1-8H,10H2. The summed E-state index contributed by atoms with van der Waals surface area (Å²) in [7, 11) is 0. The Morgan fingerprint density at radius 1 is 1.05 bits per heavy atom. The minimum atomic E-state index is -4.41. The lowest BCUT2D eigenvalue weighted by atomic mass is 10.1. The number of rotatable bonds is 4. The zero-order chi connectivity index (χ0) is 15.3. The van der Waals surface area contributed by atoms with Crippen LogP contribution >= 0.6 is 11.6 Å². The molecule has 0 aliphatic heterocycles. The van der Waals surface area contributed by atoms with Gasteiger partial charge in [-0.2, -0.15) is 13.2 Å². The SMILES string of the molecule is FC(F)(F)c1ccccc1CO/N=[C]\c1ccc(Cl)cc1. The third-order valence-electron chi connectivity index (χ3n) is 2.63. The molecule has 0 amide bonds. The first kappa shape index (κ1) is 15.4. The average Bonchev–Trinajstić information content (AvgIpc) is 2.45. The quantitative estimate of drug-likeness (QED) is 0.588. The van der Waals surface area contributed by atoms with Crippen molar-refractivity contribution in [2.75, 3.05) is 0 Å². The molecule has 6 heteroatoms. The van der Waals surface area contributed by atoms with Crippen molar-refractivity contribution < 1.29 is 18.0 Å². The van der Waals surface area contributed by atoms with Crippen molar-refractivity contribution in [2.45, 2.75) is 12.8 Å². The molecule has 0 aromatic heterocycles. The molecular weight excluding hydrogens is 303 g/mol. The summed E-state index contributed by atoms with van der Waals surface area (Å²) in [4.78, 5) is 4.87. The Bertz CT molecular complexity index is 624. The first-order chi connectivity index (χ1) is 9.97. The molecule has 0 atom stereocenters. The molecule has 109 valence electrons. The van der Waals surface area contributed by atoms with E-state index in [9.17, 15) is 13.2 Å². The van der Waals surface area contributed by atoms with E-state index in [-0.39, 0.29) is 12.2 Å². The smallest absolute Gasteiger partial charge is 0.390 e. The van der Waals surface area contributed by atoms with E-state index in [0.29, 0.717) is 10.6 Å². The van der Waals surface area contributed by atoms with Gasteiger partial charge in [0, 0.05) is 16.1 Å². The zero-order valence-corrected chi connectivity index (χ0v) is 11.4. The lowest BCUT2D eigenvalue weighted by molar-refractivity contribution is -0.138. The van der Waals surface area contributed by atoms with Crippen molar-refractivity contribution in [1.82, 2.24) is 0 Å². The Morgan fingerprint density at radius 2 is 1.71 bits per heavy atom. The highest BCUT2D eigenvalue weighted by atomic mass is 35.5. The largest absolute Gasteiger partial charge is 0.416 e. The molecule has 21 heavy (non-hydrogen) atoms. The van der Waals surface area contributed by atoms with Crippen LogP contribution in [0, 0.1) is 0 Å². The number of hydrogen-bond acceptors (Lipinski definition) is 2.